The van der Waals surface area contributed by atoms with Crippen molar-refractivity contribution < 1.29 is 13.6 Å². The van der Waals surface area contributed by atoms with Gasteiger partial charge in [-0.3, -0.25) is 9.69 Å². The van der Waals surface area contributed by atoms with Crippen LogP contribution in [0.5, 0.6) is 0 Å². The highest BCUT2D eigenvalue weighted by Gasteiger charge is 2.22. The van der Waals surface area contributed by atoms with Crippen LogP contribution in [0.1, 0.15) is 36.5 Å². The Morgan fingerprint density at radius 2 is 2.11 bits per heavy atom. The van der Waals surface area contributed by atoms with Crippen molar-refractivity contribution in [3.05, 3.63) is 35.4 Å². The minimum absolute atomic E-state index is 0.0199. The predicted molar refractivity (Wildman–Crippen MR) is 70.1 cm³/mol. The highest BCUT2D eigenvalue weighted by Crippen LogP contribution is 2.27. The average molecular weight is 267 g/mol. The number of hydrogen-bond donors (Lipinski definition) is 0. The van der Waals surface area contributed by atoms with E-state index in [1.807, 2.05) is 11.8 Å². The number of Topliss-reactive ketones (excluding diaryl/α,β-unsaturated/α-hetero) is 1. The van der Waals surface area contributed by atoms with Crippen LogP contribution in [0.25, 0.3) is 0 Å². The summed E-state index contributed by atoms with van der Waals surface area (Å²) in [6.45, 7) is 3.86. The molecule has 0 spiro atoms. The number of hydrogen-bond acceptors (Lipinski definition) is 2. The first-order chi connectivity index (χ1) is 9.10. The van der Waals surface area contributed by atoms with Gasteiger partial charge in [-0.25, -0.2) is 8.78 Å². The van der Waals surface area contributed by atoms with E-state index in [1.54, 1.807) is 0 Å². The van der Waals surface area contributed by atoms with Crippen LogP contribution in [0.3, 0.4) is 0 Å². The highest BCUT2D eigenvalue weighted by atomic mass is 19.1. The van der Waals surface area contributed by atoms with Crippen LogP contribution >= 0.6 is 0 Å². The molecule has 0 unspecified atom stereocenters. The van der Waals surface area contributed by atoms with Crippen molar-refractivity contribution in [1.29, 1.82) is 0 Å². The smallest absolute Gasteiger partial charge is 0.179 e. The number of carbonyl (C=O) groups is 1. The van der Waals surface area contributed by atoms with Gasteiger partial charge in [-0.05, 0) is 37.4 Å². The summed E-state index contributed by atoms with van der Waals surface area (Å²) in [6.07, 6.45) is 3.70. The van der Waals surface area contributed by atoms with E-state index in [9.17, 15) is 13.6 Å². The summed E-state index contributed by atoms with van der Waals surface area (Å²) in [5.41, 5.74) is -0.0199. The van der Waals surface area contributed by atoms with Crippen LogP contribution < -0.4 is 0 Å². The second kappa shape index (κ2) is 6.24. The van der Waals surface area contributed by atoms with Crippen molar-refractivity contribution in [2.45, 2.75) is 26.2 Å². The standard InChI is InChI=1S/C15H19F2NO/c1-2-18(9-11-4-3-5-11)10-15(19)13-7-6-12(16)8-14(13)17/h6-8,11H,2-5,9-10H2,1H3. The second-order valence-electron chi connectivity index (χ2n) is 5.17. The highest BCUT2D eigenvalue weighted by molar-refractivity contribution is 5.97. The quantitative estimate of drug-likeness (QED) is 0.737. The molecule has 4 heteroatoms. The zero-order valence-electron chi connectivity index (χ0n) is 11.2. The van der Waals surface area contributed by atoms with E-state index in [-0.39, 0.29) is 17.9 Å². The number of benzene rings is 1. The summed E-state index contributed by atoms with van der Waals surface area (Å²) in [4.78, 5) is 14.1. The van der Waals surface area contributed by atoms with Gasteiger partial charge in [0, 0.05) is 12.6 Å². The van der Waals surface area contributed by atoms with Gasteiger partial charge in [0.2, 0.25) is 0 Å². The molecule has 0 saturated heterocycles. The Morgan fingerprint density at radius 1 is 1.37 bits per heavy atom. The fourth-order valence-corrected chi connectivity index (χ4v) is 2.35. The van der Waals surface area contributed by atoms with Crippen LogP contribution in [0.4, 0.5) is 8.78 Å². The van der Waals surface area contributed by atoms with Crippen LogP contribution in [0.2, 0.25) is 0 Å². The number of nitrogens with zero attached hydrogens (tertiary/aromatic N) is 1. The molecule has 0 bridgehead atoms. The minimum Gasteiger partial charge on any atom is -0.296 e. The molecule has 2 nitrogen and oxygen atoms in total. The van der Waals surface area contributed by atoms with E-state index in [1.165, 1.54) is 25.3 Å². The van der Waals surface area contributed by atoms with E-state index in [0.717, 1.165) is 25.2 Å². The maximum Gasteiger partial charge on any atom is 0.179 e. The van der Waals surface area contributed by atoms with Gasteiger partial charge in [0.05, 0.1) is 12.1 Å². The molecule has 1 aromatic rings. The van der Waals surface area contributed by atoms with Gasteiger partial charge in [-0.1, -0.05) is 13.3 Å². The molecule has 1 aromatic carbocycles. The summed E-state index contributed by atoms with van der Waals surface area (Å²) in [5.74, 6) is -1.04. The number of halogens is 2. The number of ketones is 1. The first-order valence-corrected chi connectivity index (χ1v) is 6.80. The largest absolute Gasteiger partial charge is 0.296 e. The lowest BCUT2D eigenvalue weighted by Gasteiger charge is -2.31. The van der Waals surface area contributed by atoms with Gasteiger partial charge < -0.3 is 0 Å². The van der Waals surface area contributed by atoms with Crippen LogP contribution in [-0.4, -0.2) is 30.3 Å². The lowest BCUT2D eigenvalue weighted by Crippen LogP contribution is -2.36. The molecule has 0 radical (unpaired) electrons. The Labute approximate surface area is 112 Å². The van der Waals surface area contributed by atoms with Crippen LogP contribution in [0, 0.1) is 17.6 Å². The summed E-state index contributed by atoms with van der Waals surface area (Å²) < 4.78 is 26.3. The second-order valence-corrected chi connectivity index (χ2v) is 5.17. The van der Waals surface area contributed by atoms with E-state index in [4.69, 9.17) is 0 Å². The monoisotopic (exact) mass is 267 g/mol. The first kappa shape index (κ1) is 14.1. The van der Waals surface area contributed by atoms with Crippen LogP contribution in [0.15, 0.2) is 18.2 Å². The normalized spacial score (nSPS) is 15.6. The van der Waals surface area contributed by atoms with Gasteiger partial charge in [0.1, 0.15) is 11.6 Å². The number of carbonyl (C=O) groups excluding carboxylic acids is 1. The molecule has 0 aromatic heterocycles. The Morgan fingerprint density at radius 3 is 2.63 bits per heavy atom. The molecular weight excluding hydrogens is 248 g/mol. The summed E-state index contributed by atoms with van der Waals surface area (Å²) in [7, 11) is 0. The van der Waals surface area contributed by atoms with E-state index in [0.29, 0.717) is 5.92 Å². The lowest BCUT2D eigenvalue weighted by atomic mass is 9.85. The van der Waals surface area contributed by atoms with Crippen molar-refractivity contribution >= 4 is 5.78 Å². The molecule has 0 heterocycles. The van der Waals surface area contributed by atoms with Crippen molar-refractivity contribution in [3.63, 3.8) is 0 Å². The zero-order chi connectivity index (χ0) is 13.8. The SMILES string of the molecule is CCN(CC(=O)c1ccc(F)cc1F)CC1CCC1. The molecule has 104 valence electrons. The van der Waals surface area contributed by atoms with E-state index >= 15 is 0 Å². The minimum atomic E-state index is -0.773. The topological polar surface area (TPSA) is 20.3 Å². The summed E-state index contributed by atoms with van der Waals surface area (Å²) in [5, 5.41) is 0. The maximum absolute atomic E-state index is 13.5. The Balaban J connectivity index is 1.97. The molecule has 0 N–H and O–H groups in total. The molecular formula is C15H19F2NO. The number of likely N-dealkylation sites (N-methyl/N-ethyl adjacent to an activating group) is 1. The van der Waals surface area contributed by atoms with Crippen molar-refractivity contribution in [2.24, 2.45) is 5.92 Å². The Bertz CT molecular complexity index is 457. The summed E-state index contributed by atoms with van der Waals surface area (Å²) in [6, 6.07) is 3.11. The van der Waals surface area contributed by atoms with Crippen LogP contribution in [-0.2, 0) is 0 Å². The molecule has 0 atom stereocenters. The van der Waals surface area contributed by atoms with E-state index < -0.39 is 11.6 Å². The zero-order valence-corrected chi connectivity index (χ0v) is 11.2. The van der Waals surface area contributed by atoms with Crippen molar-refractivity contribution in [2.75, 3.05) is 19.6 Å². The molecule has 19 heavy (non-hydrogen) atoms. The third kappa shape index (κ3) is 3.60. The van der Waals surface area contributed by atoms with Gasteiger partial charge in [0.25, 0.3) is 0 Å². The molecule has 2 rings (SSSR count). The Hall–Kier alpha value is -1.29. The maximum atomic E-state index is 13.5. The molecule has 1 saturated carbocycles. The van der Waals surface area contributed by atoms with Gasteiger partial charge >= 0.3 is 0 Å². The lowest BCUT2D eigenvalue weighted by molar-refractivity contribution is 0.0901. The van der Waals surface area contributed by atoms with Crippen molar-refractivity contribution in [1.82, 2.24) is 4.90 Å². The Kier molecular flexibility index (Phi) is 4.64. The van der Waals surface area contributed by atoms with Gasteiger partial charge in [-0.2, -0.15) is 0 Å². The summed E-state index contributed by atoms with van der Waals surface area (Å²) >= 11 is 0. The molecule has 0 aliphatic heterocycles. The predicted octanol–water partition coefficient (Wildman–Crippen LogP) is 3.27. The fraction of sp³-hybridized carbons (Fsp3) is 0.533. The van der Waals surface area contributed by atoms with Crippen molar-refractivity contribution in [3.8, 4) is 0 Å². The average Bonchev–Trinajstić information content (AvgIpc) is 2.31. The third-order valence-corrected chi connectivity index (χ3v) is 3.79. The first-order valence-electron chi connectivity index (χ1n) is 6.80. The number of rotatable bonds is 6. The van der Waals surface area contributed by atoms with Gasteiger partial charge in [-0.15, -0.1) is 0 Å². The molecule has 1 aliphatic carbocycles. The van der Waals surface area contributed by atoms with Gasteiger partial charge in [0.15, 0.2) is 5.78 Å². The molecule has 1 fully saturated rings. The molecule has 1 aliphatic rings. The third-order valence-electron chi connectivity index (χ3n) is 3.79. The molecule has 0 amide bonds. The fourth-order valence-electron chi connectivity index (χ4n) is 2.35. The van der Waals surface area contributed by atoms with E-state index in [2.05, 4.69) is 0 Å².